The summed E-state index contributed by atoms with van der Waals surface area (Å²) in [7, 11) is 0. The van der Waals surface area contributed by atoms with Crippen LogP contribution in [0.2, 0.25) is 0 Å². The maximum atomic E-state index is 9.34. The molecule has 9 heteroatoms. The molecule has 0 saturated carbocycles. The van der Waals surface area contributed by atoms with Crippen LogP contribution in [0.5, 0.6) is 0 Å². The quantitative estimate of drug-likeness (QED) is 0.817. The third kappa shape index (κ3) is 2.06. The first-order chi connectivity index (χ1) is 10.3. The normalized spacial score (nSPS) is 16.5. The van der Waals surface area contributed by atoms with Crippen LogP contribution in [0.15, 0.2) is 22.9 Å². The van der Waals surface area contributed by atoms with Crippen molar-refractivity contribution in [2.45, 2.75) is 6.04 Å². The molecule has 0 fully saturated rings. The zero-order valence-corrected chi connectivity index (χ0v) is 11.0. The van der Waals surface area contributed by atoms with E-state index >= 15 is 0 Å². The van der Waals surface area contributed by atoms with Crippen LogP contribution in [0.1, 0.15) is 17.1 Å². The van der Waals surface area contributed by atoms with Gasteiger partial charge < -0.3 is 9.36 Å². The van der Waals surface area contributed by atoms with Crippen LogP contribution in [0.3, 0.4) is 0 Å². The van der Waals surface area contributed by atoms with Gasteiger partial charge in [-0.25, -0.2) is 0 Å². The zero-order valence-electron chi connectivity index (χ0n) is 10.2. The van der Waals surface area contributed by atoms with Crippen molar-refractivity contribution in [1.82, 2.24) is 9.53 Å². The van der Waals surface area contributed by atoms with Crippen molar-refractivity contribution >= 4 is 22.1 Å². The van der Waals surface area contributed by atoms with E-state index in [9.17, 15) is 5.26 Å². The number of rotatable bonds is 2. The van der Waals surface area contributed by atoms with E-state index in [0.29, 0.717) is 16.3 Å². The lowest BCUT2D eigenvalue weighted by molar-refractivity contribution is 0.237. The average Bonchev–Trinajstić information content (AvgIpc) is 3.23. The highest BCUT2D eigenvalue weighted by Crippen LogP contribution is 2.34. The van der Waals surface area contributed by atoms with Crippen LogP contribution < -0.4 is 5.06 Å². The second kappa shape index (κ2) is 4.97. The van der Waals surface area contributed by atoms with E-state index in [1.54, 1.807) is 0 Å². The Balaban J connectivity index is 1.91. The van der Waals surface area contributed by atoms with Gasteiger partial charge in [-0.3, -0.25) is 0 Å². The van der Waals surface area contributed by atoms with Gasteiger partial charge in [-0.15, -0.1) is 0 Å². The fourth-order valence-electron chi connectivity index (χ4n) is 1.75. The predicted molar refractivity (Wildman–Crippen MR) is 69.0 cm³/mol. The van der Waals surface area contributed by atoms with E-state index < -0.39 is 6.04 Å². The van der Waals surface area contributed by atoms with Crippen LogP contribution in [0.4, 0.5) is 5.00 Å². The van der Waals surface area contributed by atoms with Crippen molar-refractivity contribution in [2.24, 2.45) is 0 Å². The molecule has 0 spiro atoms. The van der Waals surface area contributed by atoms with E-state index in [1.807, 2.05) is 12.1 Å². The molecule has 1 aliphatic heterocycles. The molecule has 0 N–H and O–H groups in total. The molecule has 1 unspecified atom stereocenters. The minimum atomic E-state index is -0.770. The first-order valence-corrected chi connectivity index (χ1v) is 6.34. The van der Waals surface area contributed by atoms with Gasteiger partial charge >= 0.3 is 0 Å². The SMILES string of the molecule is N#Cc1cc(N2OC=C(c3cc(C#N)on3)C2C#N)sn1. The molecule has 0 radical (unpaired) electrons. The van der Waals surface area contributed by atoms with Gasteiger partial charge in [0, 0.05) is 12.1 Å². The minimum absolute atomic E-state index is 0.0468. The zero-order chi connectivity index (χ0) is 14.8. The third-order valence-electron chi connectivity index (χ3n) is 2.69. The summed E-state index contributed by atoms with van der Waals surface area (Å²) in [4.78, 5) is 5.36. The van der Waals surface area contributed by atoms with E-state index in [4.69, 9.17) is 19.9 Å². The molecule has 21 heavy (non-hydrogen) atoms. The Morgan fingerprint density at radius 2 is 2.10 bits per heavy atom. The monoisotopic (exact) mass is 296 g/mol. The maximum absolute atomic E-state index is 9.34. The van der Waals surface area contributed by atoms with Crippen molar-refractivity contribution in [3.8, 4) is 18.2 Å². The van der Waals surface area contributed by atoms with Crippen LogP contribution in [-0.2, 0) is 4.84 Å². The highest BCUT2D eigenvalue weighted by molar-refractivity contribution is 7.10. The van der Waals surface area contributed by atoms with E-state index in [-0.39, 0.29) is 11.5 Å². The molecule has 0 aliphatic carbocycles. The second-order valence-corrected chi connectivity index (χ2v) is 4.67. The molecular formula is C12H4N6O2S. The molecule has 0 amide bonds. The van der Waals surface area contributed by atoms with Crippen LogP contribution in [0.25, 0.3) is 5.57 Å². The Labute approximate surface area is 122 Å². The number of nitriles is 3. The Morgan fingerprint density at radius 1 is 1.24 bits per heavy atom. The van der Waals surface area contributed by atoms with Crippen LogP contribution >= 0.6 is 11.5 Å². The highest BCUT2D eigenvalue weighted by Gasteiger charge is 2.34. The molecule has 1 atom stereocenters. The van der Waals surface area contributed by atoms with Crippen molar-refractivity contribution < 1.29 is 9.36 Å². The van der Waals surface area contributed by atoms with Gasteiger partial charge in [-0.1, -0.05) is 5.16 Å². The molecule has 0 saturated heterocycles. The Hall–Kier alpha value is -3.35. The molecule has 3 rings (SSSR count). The first kappa shape index (κ1) is 12.7. The lowest BCUT2D eigenvalue weighted by atomic mass is 10.1. The van der Waals surface area contributed by atoms with E-state index in [0.717, 1.165) is 11.5 Å². The number of nitrogens with zero attached hydrogens (tertiary/aromatic N) is 6. The first-order valence-electron chi connectivity index (χ1n) is 5.56. The Morgan fingerprint density at radius 3 is 2.71 bits per heavy atom. The van der Waals surface area contributed by atoms with E-state index in [2.05, 4.69) is 15.6 Å². The molecule has 2 aromatic heterocycles. The van der Waals surface area contributed by atoms with Crippen LogP contribution in [0, 0.1) is 34.0 Å². The molecule has 0 bridgehead atoms. The summed E-state index contributed by atoms with van der Waals surface area (Å²) < 4.78 is 8.71. The molecule has 2 aromatic rings. The summed E-state index contributed by atoms with van der Waals surface area (Å²) in [6.45, 7) is 0. The van der Waals surface area contributed by atoms with Crippen molar-refractivity contribution in [3.05, 3.63) is 35.5 Å². The lowest BCUT2D eigenvalue weighted by Gasteiger charge is -2.17. The van der Waals surface area contributed by atoms with Gasteiger partial charge in [0.05, 0.1) is 11.6 Å². The van der Waals surface area contributed by atoms with Crippen molar-refractivity contribution in [2.75, 3.05) is 5.06 Å². The fourth-order valence-corrected chi connectivity index (χ4v) is 2.43. The number of hydrogen-bond acceptors (Lipinski definition) is 9. The fraction of sp³-hybridized carbons (Fsp3) is 0.0833. The molecule has 3 heterocycles. The summed E-state index contributed by atoms with van der Waals surface area (Å²) in [5.41, 5.74) is 1.07. The van der Waals surface area contributed by atoms with Gasteiger partial charge in [0.2, 0.25) is 5.76 Å². The molecular weight excluding hydrogens is 292 g/mol. The number of aromatic nitrogens is 2. The number of anilines is 1. The number of hydrogen-bond donors (Lipinski definition) is 0. The summed E-state index contributed by atoms with van der Waals surface area (Å²) in [6, 6.07) is 7.99. The minimum Gasteiger partial charge on any atom is -0.384 e. The number of hydroxylamine groups is 1. The second-order valence-electron chi connectivity index (χ2n) is 3.89. The van der Waals surface area contributed by atoms with Gasteiger partial charge in [-0.2, -0.15) is 25.2 Å². The maximum Gasteiger partial charge on any atom is 0.236 e. The average molecular weight is 296 g/mol. The summed E-state index contributed by atoms with van der Waals surface area (Å²) in [6.07, 6.45) is 1.36. The summed E-state index contributed by atoms with van der Waals surface area (Å²) >= 11 is 1.05. The van der Waals surface area contributed by atoms with Gasteiger partial charge in [-0.05, 0) is 11.5 Å². The Kier molecular flexibility index (Phi) is 3.00. The van der Waals surface area contributed by atoms with Crippen molar-refractivity contribution in [3.63, 3.8) is 0 Å². The van der Waals surface area contributed by atoms with Gasteiger partial charge in [0.25, 0.3) is 0 Å². The van der Waals surface area contributed by atoms with Gasteiger partial charge in [0.1, 0.15) is 24.1 Å². The summed E-state index contributed by atoms with van der Waals surface area (Å²) in [5, 5.41) is 32.4. The van der Waals surface area contributed by atoms with Crippen LogP contribution in [-0.4, -0.2) is 15.6 Å². The lowest BCUT2D eigenvalue weighted by Crippen LogP contribution is -2.28. The largest absolute Gasteiger partial charge is 0.384 e. The third-order valence-corrected chi connectivity index (χ3v) is 3.46. The van der Waals surface area contributed by atoms with E-state index in [1.165, 1.54) is 23.5 Å². The molecule has 1 aliphatic rings. The summed E-state index contributed by atoms with van der Waals surface area (Å²) in [5.74, 6) is 0.0468. The van der Waals surface area contributed by atoms with Gasteiger partial charge in [0.15, 0.2) is 16.7 Å². The topological polar surface area (TPSA) is 123 Å². The predicted octanol–water partition coefficient (Wildman–Crippen LogP) is 1.56. The highest BCUT2D eigenvalue weighted by atomic mass is 32.1. The molecule has 100 valence electrons. The standard InChI is InChI=1S/C12H4N6O2S/c13-3-7-1-12(21-17-7)18-11(5-15)9(6-19-18)10-2-8(4-14)20-16-10/h1-2,6,11H. The van der Waals surface area contributed by atoms with Crippen molar-refractivity contribution in [1.29, 1.82) is 15.8 Å². The molecule has 0 aromatic carbocycles. The Bertz CT molecular complexity index is 846. The molecule has 8 nitrogen and oxygen atoms in total. The smallest absolute Gasteiger partial charge is 0.236 e.